The summed E-state index contributed by atoms with van der Waals surface area (Å²) in [4.78, 5) is 9.83. The molecule has 0 aromatic heterocycles. The number of methoxy groups -OCH3 is 1. The molecule has 5 heteroatoms. The summed E-state index contributed by atoms with van der Waals surface area (Å²) in [6.45, 7) is 0. The smallest absolute Gasteiger partial charge is 0.275 e. The minimum absolute atomic E-state index is 0.0285. The Morgan fingerprint density at radius 1 is 1.58 bits per heavy atom. The number of nitrogens with zero attached hydrogens (tertiary/aromatic N) is 1. The van der Waals surface area contributed by atoms with Gasteiger partial charge in [-0.15, -0.1) is 0 Å². The summed E-state index contributed by atoms with van der Waals surface area (Å²) < 4.78 is 4.89. The maximum atomic E-state index is 10.3. The number of hydrogen-bond acceptors (Lipinski definition) is 3. The highest BCUT2D eigenvalue weighted by Crippen LogP contribution is 2.23. The third-order valence-corrected chi connectivity index (χ3v) is 1.47. The van der Waals surface area contributed by atoms with E-state index >= 15 is 0 Å². The second-order valence-corrected chi connectivity index (χ2v) is 2.25. The number of rotatable bonds is 2. The Labute approximate surface area is 68.9 Å². The van der Waals surface area contributed by atoms with Crippen molar-refractivity contribution < 1.29 is 15.4 Å². The van der Waals surface area contributed by atoms with Crippen molar-refractivity contribution in [1.82, 2.24) is 0 Å². The van der Waals surface area contributed by atoms with Gasteiger partial charge in [-0.25, -0.2) is 0 Å². The quantitative estimate of drug-likeness (QED) is 0.516. The van der Waals surface area contributed by atoms with E-state index in [-0.39, 0.29) is 5.69 Å². The molecule has 64 valence electrons. The van der Waals surface area contributed by atoms with Crippen LogP contribution in [0.5, 0.6) is 5.75 Å². The topological polar surface area (TPSA) is 80.0 Å². The van der Waals surface area contributed by atoms with Gasteiger partial charge in [-0.1, -0.05) is 0 Å². The summed E-state index contributed by atoms with van der Waals surface area (Å²) in [5.74, 6) is 0.556. The lowest BCUT2D eigenvalue weighted by molar-refractivity contribution is -0.385. The lowest BCUT2D eigenvalue weighted by Gasteiger charge is -1.98. The molecule has 12 heavy (non-hydrogen) atoms. The van der Waals surface area contributed by atoms with E-state index in [2.05, 4.69) is 5.73 Å². The molecule has 0 aliphatic rings. The van der Waals surface area contributed by atoms with E-state index in [0.717, 1.165) is 0 Å². The highest BCUT2D eigenvalue weighted by molar-refractivity contribution is 5.52. The van der Waals surface area contributed by atoms with Crippen molar-refractivity contribution in [1.29, 1.82) is 0 Å². The first-order valence-corrected chi connectivity index (χ1v) is 3.29. The number of hydrogen-bond donors (Lipinski definition) is 1. The van der Waals surface area contributed by atoms with Gasteiger partial charge in [0.1, 0.15) is 0 Å². The van der Waals surface area contributed by atoms with Crippen LogP contribution in [0.15, 0.2) is 18.2 Å². The van der Waals surface area contributed by atoms with Gasteiger partial charge in [0.15, 0.2) is 11.4 Å². The first kappa shape index (κ1) is 8.48. The third-order valence-electron chi connectivity index (χ3n) is 1.47. The maximum absolute atomic E-state index is 10.3. The molecule has 0 aliphatic carbocycles. The van der Waals surface area contributed by atoms with E-state index in [1.165, 1.54) is 25.3 Å². The van der Waals surface area contributed by atoms with Crippen molar-refractivity contribution in [3.05, 3.63) is 28.3 Å². The highest BCUT2D eigenvalue weighted by atomic mass is 16.6. The molecule has 0 saturated heterocycles. The van der Waals surface area contributed by atoms with Crippen molar-refractivity contribution in [2.24, 2.45) is 0 Å². The fourth-order valence-corrected chi connectivity index (χ4v) is 0.879. The molecule has 0 radical (unpaired) electrons. The van der Waals surface area contributed by atoms with Crippen LogP contribution in [0.25, 0.3) is 0 Å². The third kappa shape index (κ3) is 1.51. The lowest BCUT2D eigenvalue weighted by atomic mass is 10.2. The highest BCUT2D eigenvalue weighted by Gasteiger charge is 2.10. The molecule has 1 aromatic rings. The normalized spacial score (nSPS) is 9.50. The Bertz CT molecular complexity index is 312. The van der Waals surface area contributed by atoms with Gasteiger partial charge in [-0.2, -0.15) is 0 Å². The van der Waals surface area contributed by atoms with Crippen LogP contribution < -0.4 is 10.5 Å². The van der Waals surface area contributed by atoms with E-state index in [4.69, 9.17) is 4.74 Å². The molecule has 3 N–H and O–H groups in total. The summed E-state index contributed by atoms with van der Waals surface area (Å²) in [5, 5.41) is 10.3. The van der Waals surface area contributed by atoms with Crippen LogP contribution in [0.2, 0.25) is 0 Å². The largest absolute Gasteiger partial charge is 0.491 e. The van der Waals surface area contributed by atoms with Gasteiger partial charge in [0.05, 0.1) is 18.1 Å². The van der Waals surface area contributed by atoms with E-state index in [1.54, 1.807) is 0 Å². The molecule has 0 amide bonds. The van der Waals surface area contributed by atoms with Gasteiger partial charge < -0.3 is 10.5 Å². The van der Waals surface area contributed by atoms with Crippen LogP contribution in [0, 0.1) is 10.1 Å². The average molecular weight is 169 g/mol. The van der Waals surface area contributed by atoms with Crippen LogP contribution in [0.1, 0.15) is 0 Å². The minimum Gasteiger partial charge on any atom is -0.491 e. The van der Waals surface area contributed by atoms with Crippen molar-refractivity contribution in [2.75, 3.05) is 7.11 Å². The van der Waals surface area contributed by atoms with Gasteiger partial charge >= 0.3 is 0 Å². The number of non-ortho nitro benzene ring substituents is 1. The zero-order valence-corrected chi connectivity index (χ0v) is 6.61. The Balaban J connectivity index is 3.10. The van der Waals surface area contributed by atoms with Gasteiger partial charge in [0.2, 0.25) is 0 Å². The molecule has 0 atom stereocenters. The standard InChI is InChI=1S/C7H8N2O3/c1-12-7-3-2-5(9(10)11)4-6(7)8/h2-4H,8H2,1H3/p+1. The fraction of sp³-hybridized carbons (Fsp3) is 0.143. The van der Waals surface area contributed by atoms with Crippen LogP contribution in [-0.2, 0) is 0 Å². The van der Waals surface area contributed by atoms with Crippen molar-refractivity contribution in [2.45, 2.75) is 0 Å². The van der Waals surface area contributed by atoms with Crippen molar-refractivity contribution >= 4 is 11.4 Å². The molecule has 0 spiro atoms. The predicted octanol–water partition coefficient (Wildman–Crippen LogP) is 0.477. The van der Waals surface area contributed by atoms with Crippen molar-refractivity contribution in [3.63, 3.8) is 0 Å². The maximum Gasteiger partial charge on any atom is 0.275 e. The SMILES string of the molecule is COc1ccc([N+](=O)[O-])cc1[NH3+]. The predicted molar refractivity (Wildman–Crippen MR) is 42.2 cm³/mol. The van der Waals surface area contributed by atoms with Crippen LogP contribution in [0.3, 0.4) is 0 Å². The fourth-order valence-electron chi connectivity index (χ4n) is 0.879. The molecular weight excluding hydrogens is 160 g/mol. The number of nitro groups is 1. The van der Waals surface area contributed by atoms with E-state index < -0.39 is 4.92 Å². The number of nitro benzene ring substituents is 1. The molecule has 1 aromatic carbocycles. The van der Waals surface area contributed by atoms with Gasteiger partial charge in [0, 0.05) is 6.07 Å². The molecule has 0 aliphatic heterocycles. The van der Waals surface area contributed by atoms with Gasteiger partial charge in [-0.05, 0) is 6.07 Å². The number of quaternary nitrogens is 1. The summed E-state index contributed by atoms with van der Waals surface area (Å²) in [5.41, 5.74) is 4.15. The average Bonchev–Trinajstić information content (AvgIpc) is 2.04. The first-order valence-electron chi connectivity index (χ1n) is 3.29. The molecule has 0 fully saturated rings. The van der Waals surface area contributed by atoms with Crippen LogP contribution >= 0.6 is 0 Å². The first-order chi connectivity index (χ1) is 5.65. The second-order valence-electron chi connectivity index (χ2n) is 2.25. The summed E-state index contributed by atoms with van der Waals surface area (Å²) in [6.07, 6.45) is 0. The van der Waals surface area contributed by atoms with E-state index in [1.807, 2.05) is 0 Å². The Hall–Kier alpha value is -1.62. The molecule has 0 heterocycles. The molecular formula is C7H9N2O3+. The summed E-state index contributed by atoms with van der Waals surface area (Å²) in [7, 11) is 1.50. The van der Waals surface area contributed by atoms with Crippen molar-refractivity contribution in [3.8, 4) is 5.75 Å². The van der Waals surface area contributed by atoms with Gasteiger partial charge in [-0.3, -0.25) is 10.1 Å². The molecule has 0 saturated carbocycles. The van der Waals surface area contributed by atoms with Gasteiger partial charge in [0.25, 0.3) is 5.69 Å². The van der Waals surface area contributed by atoms with Crippen LogP contribution in [0.4, 0.5) is 11.4 Å². The van der Waals surface area contributed by atoms with E-state index in [9.17, 15) is 10.1 Å². The zero-order valence-electron chi connectivity index (χ0n) is 6.61. The lowest BCUT2D eigenvalue weighted by Crippen LogP contribution is -2.40. The second kappa shape index (κ2) is 3.19. The number of benzene rings is 1. The molecule has 0 unspecified atom stereocenters. The Morgan fingerprint density at radius 2 is 2.25 bits per heavy atom. The molecule has 1 rings (SSSR count). The minimum atomic E-state index is -0.464. The summed E-state index contributed by atoms with van der Waals surface area (Å²) >= 11 is 0. The molecule has 0 bridgehead atoms. The zero-order chi connectivity index (χ0) is 9.14. The van der Waals surface area contributed by atoms with Crippen LogP contribution in [-0.4, -0.2) is 12.0 Å². The molecule has 5 nitrogen and oxygen atoms in total. The monoisotopic (exact) mass is 169 g/mol. The Kier molecular flexibility index (Phi) is 2.25. The number of ether oxygens (including phenoxy) is 1. The Morgan fingerprint density at radius 3 is 2.67 bits per heavy atom. The van der Waals surface area contributed by atoms with E-state index in [0.29, 0.717) is 11.4 Å². The summed E-state index contributed by atoms with van der Waals surface area (Å²) in [6, 6.07) is 4.28.